The van der Waals surface area contributed by atoms with Crippen molar-refractivity contribution in [1.29, 1.82) is 0 Å². The highest BCUT2D eigenvalue weighted by molar-refractivity contribution is 7.89. The summed E-state index contributed by atoms with van der Waals surface area (Å²) in [6, 6.07) is 4.85. The molecule has 1 aliphatic heterocycles. The second-order valence-electron chi connectivity index (χ2n) is 6.98. The number of benzene rings is 1. The van der Waals surface area contributed by atoms with E-state index >= 15 is 0 Å². The summed E-state index contributed by atoms with van der Waals surface area (Å²) in [7, 11) is -3.91. The summed E-state index contributed by atoms with van der Waals surface area (Å²) in [5, 5.41) is 6.03. The number of carbonyl (C=O) groups is 2. The van der Waals surface area contributed by atoms with Crippen LogP contribution in [0.3, 0.4) is 0 Å². The van der Waals surface area contributed by atoms with Crippen molar-refractivity contribution in [3.63, 3.8) is 0 Å². The number of hydrogen-bond donors (Lipinski definition) is 2. The van der Waals surface area contributed by atoms with Gasteiger partial charge in [-0.05, 0) is 37.1 Å². The van der Waals surface area contributed by atoms with E-state index in [2.05, 4.69) is 10.6 Å². The predicted octanol–water partition coefficient (Wildman–Crippen LogP) is 1.67. The molecule has 2 N–H and O–H groups in total. The van der Waals surface area contributed by atoms with E-state index in [1.165, 1.54) is 30.7 Å². The van der Waals surface area contributed by atoms with E-state index in [-0.39, 0.29) is 36.4 Å². The average molecular weight is 414 g/mol. The minimum Gasteiger partial charge on any atom is -0.353 e. The van der Waals surface area contributed by atoms with Crippen molar-refractivity contribution in [1.82, 2.24) is 14.9 Å². The highest BCUT2D eigenvalue weighted by atomic mass is 35.5. The monoisotopic (exact) mass is 413 g/mol. The molecular formula is C18H24ClN3O4S. The second-order valence-corrected chi connectivity index (χ2v) is 9.31. The Balaban J connectivity index is 1.75. The second kappa shape index (κ2) is 8.58. The number of nitrogens with one attached hydrogen (secondary N) is 2. The molecule has 2 amide bonds. The van der Waals surface area contributed by atoms with E-state index in [1.54, 1.807) is 0 Å². The molecule has 0 radical (unpaired) electrons. The predicted molar refractivity (Wildman–Crippen MR) is 102 cm³/mol. The summed E-state index contributed by atoms with van der Waals surface area (Å²) in [6.45, 7) is 0.338. The first kappa shape index (κ1) is 20.1. The minimum absolute atomic E-state index is 0.0549. The molecule has 0 bridgehead atoms. The van der Waals surface area contributed by atoms with Crippen LogP contribution in [-0.4, -0.2) is 49.7 Å². The molecule has 1 aromatic rings. The Morgan fingerprint density at radius 2 is 1.85 bits per heavy atom. The topological polar surface area (TPSA) is 95.6 Å². The maximum Gasteiger partial charge on any atom is 0.243 e. The van der Waals surface area contributed by atoms with Crippen molar-refractivity contribution < 1.29 is 18.0 Å². The van der Waals surface area contributed by atoms with Crippen molar-refractivity contribution in [2.45, 2.75) is 55.5 Å². The minimum atomic E-state index is -3.91. The van der Waals surface area contributed by atoms with Crippen LogP contribution in [0.4, 0.5) is 0 Å². The van der Waals surface area contributed by atoms with Crippen LogP contribution in [0.5, 0.6) is 0 Å². The fourth-order valence-electron chi connectivity index (χ4n) is 3.63. The molecule has 1 atom stereocenters. The summed E-state index contributed by atoms with van der Waals surface area (Å²) >= 11 is 5.84. The van der Waals surface area contributed by atoms with Gasteiger partial charge in [0.2, 0.25) is 21.8 Å². The molecule has 1 aromatic carbocycles. The molecule has 1 heterocycles. The van der Waals surface area contributed by atoms with Crippen LogP contribution in [0.15, 0.2) is 29.2 Å². The molecule has 27 heavy (non-hydrogen) atoms. The summed E-state index contributed by atoms with van der Waals surface area (Å²) in [6.07, 6.45) is 4.99. The maximum atomic E-state index is 13.0. The van der Waals surface area contributed by atoms with Crippen LogP contribution in [-0.2, 0) is 19.6 Å². The van der Waals surface area contributed by atoms with Crippen molar-refractivity contribution in [3.8, 4) is 0 Å². The van der Waals surface area contributed by atoms with Crippen LogP contribution >= 0.6 is 11.6 Å². The Bertz CT molecular complexity index is 791. The lowest BCUT2D eigenvalue weighted by Crippen LogP contribution is -2.58. The van der Waals surface area contributed by atoms with Gasteiger partial charge < -0.3 is 10.6 Å². The highest BCUT2D eigenvalue weighted by Gasteiger charge is 2.39. The number of carbonyl (C=O) groups excluding carboxylic acids is 2. The van der Waals surface area contributed by atoms with Gasteiger partial charge in [0.15, 0.2) is 0 Å². The van der Waals surface area contributed by atoms with Gasteiger partial charge >= 0.3 is 0 Å². The lowest BCUT2D eigenvalue weighted by atomic mass is 9.95. The normalized spacial score (nSPS) is 22.3. The molecule has 9 heteroatoms. The largest absolute Gasteiger partial charge is 0.353 e. The van der Waals surface area contributed by atoms with Crippen LogP contribution in [0.1, 0.15) is 38.5 Å². The van der Waals surface area contributed by atoms with E-state index in [1.807, 2.05) is 0 Å². The zero-order valence-corrected chi connectivity index (χ0v) is 16.6. The summed E-state index contributed by atoms with van der Waals surface area (Å²) < 4.78 is 27.1. The Labute approximate surface area is 164 Å². The van der Waals surface area contributed by atoms with Gasteiger partial charge in [0.1, 0.15) is 6.04 Å². The van der Waals surface area contributed by atoms with Crippen molar-refractivity contribution in [2.75, 3.05) is 13.1 Å². The SMILES string of the molecule is O=C(C[C@@H]1C(=O)NCCN1S(=O)(=O)c1ccc(Cl)cc1)NC1CCCCC1. The Kier molecular flexibility index (Phi) is 6.39. The van der Waals surface area contributed by atoms with Gasteiger partial charge in [-0.3, -0.25) is 9.59 Å². The lowest BCUT2D eigenvalue weighted by Gasteiger charge is -2.34. The van der Waals surface area contributed by atoms with Crippen LogP contribution in [0, 0.1) is 0 Å². The van der Waals surface area contributed by atoms with Crippen molar-refractivity contribution >= 4 is 33.4 Å². The molecule has 2 fully saturated rings. The maximum absolute atomic E-state index is 13.0. The molecule has 148 valence electrons. The fraction of sp³-hybridized carbons (Fsp3) is 0.556. The van der Waals surface area contributed by atoms with Gasteiger partial charge in [0.25, 0.3) is 0 Å². The van der Waals surface area contributed by atoms with Crippen LogP contribution in [0.25, 0.3) is 0 Å². The summed E-state index contributed by atoms with van der Waals surface area (Å²) in [5.41, 5.74) is 0. The van der Waals surface area contributed by atoms with Gasteiger partial charge in [-0.2, -0.15) is 4.31 Å². The first-order valence-corrected chi connectivity index (χ1v) is 11.0. The average Bonchev–Trinajstić information content (AvgIpc) is 2.64. The van der Waals surface area contributed by atoms with Gasteiger partial charge in [-0.15, -0.1) is 0 Å². The van der Waals surface area contributed by atoms with Gasteiger partial charge in [-0.1, -0.05) is 30.9 Å². The van der Waals surface area contributed by atoms with Crippen molar-refractivity contribution in [2.24, 2.45) is 0 Å². The number of amides is 2. The summed E-state index contributed by atoms with van der Waals surface area (Å²) in [4.78, 5) is 24.8. The zero-order valence-electron chi connectivity index (χ0n) is 15.0. The molecule has 0 spiro atoms. The molecule has 2 aliphatic rings. The molecule has 0 aromatic heterocycles. The molecule has 0 unspecified atom stereocenters. The lowest BCUT2D eigenvalue weighted by molar-refractivity contribution is -0.132. The number of nitrogens with zero attached hydrogens (tertiary/aromatic N) is 1. The molecule has 1 saturated heterocycles. The third kappa shape index (κ3) is 4.80. The molecule has 1 saturated carbocycles. The Morgan fingerprint density at radius 1 is 1.19 bits per heavy atom. The first-order chi connectivity index (χ1) is 12.9. The van der Waals surface area contributed by atoms with E-state index in [0.717, 1.165) is 30.0 Å². The van der Waals surface area contributed by atoms with Gasteiger partial charge in [0, 0.05) is 24.2 Å². The van der Waals surface area contributed by atoms with Gasteiger partial charge in [-0.25, -0.2) is 8.42 Å². The van der Waals surface area contributed by atoms with E-state index < -0.39 is 22.0 Å². The van der Waals surface area contributed by atoms with Gasteiger partial charge in [0.05, 0.1) is 11.3 Å². The quantitative estimate of drug-likeness (QED) is 0.767. The third-order valence-electron chi connectivity index (χ3n) is 5.05. The first-order valence-electron chi connectivity index (χ1n) is 9.22. The van der Waals surface area contributed by atoms with Crippen LogP contribution in [0.2, 0.25) is 5.02 Å². The number of piperazine rings is 1. The summed E-state index contributed by atoms with van der Waals surface area (Å²) in [5.74, 6) is -0.738. The molecule has 3 rings (SSSR count). The third-order valence-corrected chi connectivity index (χ3v) is 7.23. The smallest absolute Gasteiger partial charge is 0.243 e. The van der Waals surface area contributed by atoms with E-state index in [9.17, 15) is 18.0 Å². The standard InChI is InChI=1S/C18H24ClN3O4S/c19-13-6-8-15(9-7-13)27(25,26)22-11-10-20-18(24)16(22)12-17(23)21-14-4-2-1-3-5-14/h6-9,14,16H,1-5,10-12H2,(H,20,24)(H,21,23)/t16-/m1/s1. The fourth-order valence-corrected chi connectivity index (χ4v) is 5.34. The Morgan fingerprint density at radius 3 is 2.52 bits per heavy atom. The number of halogens is 1. The zero-order chi connectivity index (χ0) is 19.4. The number of sulfonamides is 1. The van der Waals surface area contributed by atoms with Crippen molar-refractivity contribution in [3.05, 3.63) is 29.3 Å². The highest BCUT2D eigenvalue weighted by Crippen LogP contribution is 2.23. The molecule has 1 aliphatic carbocycles. The number of hydrogen-bond acceptors (Lipinski definition) is 4. The van der Waals surface area contributed by atoms with E-state index in [0.29, 0.717) is 5.02 Å². The Hall–Kier alpha value is -1.64. The number of rotatable bonds is 5. The van der Waals surface area contributed by atoms with E-state index in [4.69, 9.17) is 11.6 Å². The van der Waals surface area contributed by atoms with Crippen LogP contribution < -0.4 is 10.6 Å². The molecule has 7 nitrogen and oxygen atoms in total. The molecular weight excluding hydrogens is 390 g/mol.